The van der Waals surface area contributed by atoms with E-state index in [-0.39, 0.29) is 29.5 Å². The van der Waals surface area contributed by atoms with Crippen LogP contribution in [0.2, 0.25) is 0 Å². The molecule has 0 aliphatic carbocycles. The van der Waals surface area contributed by atoms with Crippen molar-refractivity contribution >= 4 is 17.7 Å². The van der Waals surface area contributed by atoms with Crippen molar-refractivity contribution in [2.24, 2.45) is 11.8 Å². The van der Waals surface area contributed by atoms with Crippen molar-refractivity contribution in [1.82, 2.24) is 4.98 Å². The maximum Gasteiger partial charge on any atom is 0.309 e. The van der Waals surface area contributed by atoms with E-state index in [0.717, 1.165) is 0 Å². The summed E-state index contributed by atoms with van der Waals surface area (Å²) in [6.45, 7) is 6.73. The molecule has 1 heterocycles. The van der Waals surface area contributed by atoms with Crippen molar-refractivity contribution in [2.45, 2.75) is 52.6 Å². The van der Waals surface area contributed by atoms with Crippen LogP contribution >= 0.6 is 0 Å². The summed E-state index contributed by atoms with van der Waals surface area (Å²) in [5.41, 5.74) is 1.23. The molecule has 3 aromatic rings. The molecule has 0 saturated heterocycles. The molecule has 0 saturated carbocycles. The van der Waals surface area contributed by atoms with E-state index in [2.05, 4.69) is 4.98 Å². The molecule has 212 valence electrons. The average molecular weight is 554 g/mol. The van der Waals surface area contributed by atoms with Gasteiger partial charge in [-0.25, -0.2) is 13.8 Å². The van der Waals surface area contributed by atoms with Crippen molar-refractivity contribution < 1.29 is 37.4 Å². The van der Waals surface area contributed by atoms with Gasteiger partial charge in [-0.15, -0.1) is 0 Å². The maximum atomic E-state index is 13.6. The Morgan fingerprint density at radius 3 is 1.90 bits per heavy atom. The summed E-state index contributed by atoms with van der Waals surface area (Å²) >= 11 is 0. The number of carbonyl (C=O) groups is 3. The number of Topliss-reactive ketones (excluding diaryl/α,β-unsaturated/α-hetero) is 1. The zero-order valence-corrected chi connectivity index (χ0v) is 23.1. The molecule has 2 aromatic carbocycles. The van der Waals surface area contributed by atoms with Crippen LogP contribution in [0.3, 0.4) is 0 Å². The lowest BCUT2D eigenvalue weighted by molar-refractivity contribution is -0.154. The Morgan fingerprint density at radius 2 is 1.43 bits per heavy atom. The van der Waals surface area contributed by atoms with Crippen LogP contribution in [0.5, 0.6) is 11.5 Å². The van der Waals surface area contributed by atoms with Crippen molar-refractivity contribution in [3.05, 3.63) is 89.2 Å². The number of methoxy groups -OCH3 is 1. The summed E-state index contributed by atoms with van der Waals surface area (Å²) in [6, 6.07) is 13.1. The van der Waals surface area contributed by atoms with Gasteiger partial charge < -0.3 is 14.2 Å². The molecule has 0 bridgehead atoms. The fraction of sp³-hybridized carbons (Fsp3) is 0.355. The number of benzene rings is 2. The second-order valence-corrected chi connectivity index (χ2v) is 9.96. The van der Waals surface area contributed by atoms with Gasteiger partial charge in [0, 0.05) is 31.5 Å². The number of carbonyl (C=O) groups excluding carboxylic acids is 3. The van der Waals surface area contributed by atoms with Crippen LogP contribution in [0, 0.1) is 23.5 Å². The Kier molecular flexibility index (Phi) is 10.5. The van der Waals surface area contributed by atoms with Crippen molar-refractivity contribution in [2.75, 3.05) is 7.11 Å². The minimum atomic E-state index is -0.824. The number of pyridine rings is 1. The second-order valence-electron chi connectivity index (χ2n) is 9.96. The number of rotatable bonds is 12. The molecule has 3 rings (SSSR count). The van der Waals surface area contributed by atoms with Gasteiger partial charge in [-0.2, -0.15) is 0 Å². The summed E-state index contributed by atoms with van der Waals surface area (Å²) in [4.78, 5) is 42.6. The molecule has 0 unspecified atom stereocenters. The first-order valence-electron chi connectivity index (χ1n) is 13.0. The van der Waals surface area contributed by atoms with Gasteiger partial charge in [0.25, 0.3) is 0 Å². The molecule has 0 aliphatic rings. The van der Waals surface area contributed by atoms with Crippen LogP contribution in [0.4, 0.5) is 8.78 Å². The first kappa shape index (κ1) is 30.4. The highest BCUT2D eigenvalue weighted by molar-refractivity contribution is 6.00. The molecule has 0 amide bonds. The number of esters is 2. The molecule has 0 spiro atoms. The topological polar surface area (TPSA) is 91.8 Å². The zero-order chi connectivity index (χ0) is 29.4. The lowest BCUT2D eigenvalue weighted by Gasteiger charge is -2.27. The summed E-state index contributed by atoms with van der Waals surface area (Å²) in [5.74, 6) is -3.84. The fourth-order valence-corrected chi connectivity index (χ4v) is 4.61. The highest BCUT2D eigenvalue weighted by Crippen LogP contribution is 2.34. The van der Waals surface area contributed by atoms with Gasteiger partial charge in [0.05, 0.1) is 13.0 Å². The Bertz CT molecular complexity index is 1280. The van der Waals surface area contributed by atoms with Crippen LogP contribution in [-0.4, -0.2) is 35.9 Å². The highest BCUT2D eigenvalue weighted by Gasteiger charge is 2.32. The normalized spacial score (nSPS) is 12.6. The van der Waals surface area contributed by atoms with Crippen molar-refractivity contribution in [3.63, 3.8) is 0 Å². The van der Waals surface area contributed by atoms with Crippen molar-refractivity contribution in [3.8, 4) is 11.5 Å². The van der Waals surface area contributed by atoms with E-state index < -0.39 is 47.3 Å². The largest absolute Gasteiger partial charge is 0.493 e. The standard InChI is InChI=1S/C31H33F2NO6/c1-18(2)16-23(17-26(36)29-30(40-20(4)35)27(38-5)14-15-34-29)31(37)39-19(3)28(21-6-10-24(32)11-7-21)22-8-12-25(33)13-9-22/h6-15,18-19,23,28H,16-17H2,1-5H3/t19-,23+/m0/s1. The second kappa shape index (κ2) is 13.8. The molecule has 0 N–H and O–H groups in total. The predicted octanol–water partition coefficient (Wildman–Crippen LogP) is 6.29. The Balaban J connectivity index is 1.88. The van der Waals surface area contributed by atoms with E-state index in [0.29, 0.717) is 17.5 Å². The number of hydrogen-bond acceptors (Lipinski definition) is 7. The van der Waals surface area contributed by atoms with Gasteiger partial charge in [-0.3, -0.25) is 14.4 Å². The number of hydrogen-bond donors (Lipinski definition) is 0. The summed E-state index contributed by atoms with van der Waals surface area (Å²) in [7, 11) is 1.37. The number of aromatic nitrogens is 1. The van der Waals surface area contributed by atoms with E-state index >= 15 is 0 Å². The highest BCUT2D eigenvalue weighted by atomic mass is 19.1. The Morgan fingerprint density at radius 1 is 0.875 bits per heavy atom. The quantitative estimate of drug-likeness (QED) is 0.192. The van der Waals surface area contributed by atoms with Gasteiger partial charge in [0.1, 0.15) is 17.7 Å². The van der Waals surface area contributed by atoms with E-state index in [1.165, 1.54) is 50.6 Å². The number of nitrogens with zero attached hydrogens (tertiary/aromatic N) is 1. The van der Waals surface area contributed by atoms with E-state index in [9.17, 15) is 23.2 Å². The number of ether oxygens (including phenoxy) is 3. The minimum Gasteiger partial charge on any atom is -0.493 e. The molecular weight excluding hydrogens is 520 g/mol. The first-order chi connectivity index (χ1) is 19.0. The lowest BCUT2D eigenvalue weighted by Crippen LogP contribution is -2.30. The fourth-order valence-electron chi connectivity index (χ4n) is 4.61. The predicted molar refractivity (Wildman–Crippen MR) is 144 cm³/mol. The maximum absolute atomic E-state index is 13.6. The summed E-state index contributed by atoms with van der Waals surface area (Å²) in [6.07, 6.45) is 0.727. The van der Waals surface area contributed by atoms with E-state index in [4.69, 9.17) is 14.2 Å². The average Bonchev–Trinajstić information content (AvgIpc) is 2.90. The SMILES string of the molecule is COc1ccnc(C(=O)C[C@@H](CC(C)C)C(=O)O[C@@H](C)C(c2ccc(F)cc2)c2ccc(F)cc2)c1OC(C)=O. The molecule has 7 nitrogen and oxygen atoms in total. The molecule has 2 atom stereocenters. The smallest absolute Gasteiger partial charge is 0.309 e. The van der Waals surface area contributed by atoms with E-state index in [1.54, 1.807) is 31.2 Å². The molecular formula is C31H33F2NO6. The third-order valence-corrected chi connectivity index (χ3v) is 6.35. The number of ketones is 1. The monoisotopic (exact) mass is 553 g/mol. The first-order valence-corrected chi connectivity index (χ1v) is 13.0. The van der Waals surface area contributed by atoms with Crippen LogP contribution in [0.1, 0.15) is 68.1 Å². The molecule has 0 radical (unpaired) electrons. The molecule has 9 heteroatoms. The molecule has 0 fully saturated rings. The van der Waals surface area contributed by atoms with E-state index in [1.807, 2.05) is 13.8 Å². The third kappa shape index (κ3) is 7.94. The van der Waals surface area contributed by atoms with Crippen LogP contribution < -0.4 is 9.47 Å². The summed E-state index contributed by atoms with van der Waals surface area (Å²) < 4.78 is 43.6. The Labute approximate surface area is 232 Å². The third-order valence-electron chi connectivity index (χ3n) is 6.35. The molecule has 1 aromatic heterocycles. The van der Waals surface area contributed by atoms with Gasteiger partial charge >= 0.3 is 11.9 Å². The Hall–Kier alpha value is -4.14. The van der Waals surface area contributed by atoms with Gasteiger partial charge in [-0.05, 0) is 54.7 Å². The van der Waals surface area contributed by atoms with Crippen LogP contribution in [0.15, 0.2) is 60.8 Å². The number of halogens is 2. The van der Waals surface area contributed by atoms with Gasteiger partial charge in [0.15, 0.2) is 17.2 Å². The molecule has 40 heavy (non-hydrogen) atoms. The lowest BCUT2D eigenvalue weighted by atomic mass is 9.86. The molecule has 0 aliphatic heterocycles. The zero-order valence-electron chi connectivity index (χ0n) is 23.1. The summed E-state index contributed by atoms with van der Waals surface area (Å²) in [5, 5.41) is 0. The minimum absolute atomic E-state index is 0.0526. The van der Waals surface area contributed by atoms with Gasteiger partial charge in [-0.1, -0.05) is 38.1 Å². The van der Waals surface area contributed by atoms with Crippen LogP contribution in [-0.2, 0) is 14.3 Å². The van der Waals surface area contributed by atoms with Gasteiger partial charge in [0.2, 0.25) is 5.75 Å². The van der Waals surface area contributed by atoms with Crippen molar-refractivity contribution in [1.29, 1.82) is 0 Å². The van der Waals surface area contributed by atoms with Crippen LogP contribution in [0.25, 0.3) is 0 Å².